The molecule has 132 valence electrons. The Bertz CT molecular complexity index is 1230. The molecule has 0 aliphatic heterocycles. The number of benzene rings is 2. The van der Waals surface area contributed by atoms with Crippen molar-refractivity contribution in [1.29, 1.82) is 0 Å². The van der Waals surface area contributed by atoms with Gasteiger partial charge in [0.1, 0.15) is 10.7 Å². The van der Waals surface area contributed by atoms with Gasteiger partial charge in [-0.15, -0.1) is 10.2 Å². The number of hydrogen-bond acceptors (Lipinski definition) is 5. The summed E-state index contributed by atoms with van der Waals surface area (Å²) in [7, 11) is 0. The normalized spacial score (nSPS) is 11.3. The Morgan fingerprint density at radius 1 is 0.852 bits per heavy atom. The lowest BCUT2D eigenvalue weighted by molar-refractivity contribution is 0.954. The molecule has 0 saturated carbocycles. The minimum atomic E-state index is 0.658. The topological polar surface area (TPSA) is 71.8 Å². The smallest absolute Gasteiger partial charge is 0.235 e. The van der Waals surface area contributed by atoms with E-state index in [2.05, 4.69) is 82.8 Å². The summed E-state index contributed by atoms with van der Waals surface area (Å²) in [6.45, 7) is 4.14. The summed E-state index contributed by atoms with van der Waals surface area (Å²) in [6, 6.07) is 18.6. The summed E-state index contributed by atoms with van der Waals surface area (Å²) >= 11 is 1.52. The molecule has 0 radical (unpaired) electrons. The van der Waals surface area contributed by atoms with E-state index in [1.165, 1.54) is 22.5 Å². The zero-order chi connectivity index (χ0) is 18.4. The molecular weight excluding hydrogens is 356 g/mol. The number of aromatic amines is 1. The van der Waals surface area contributed by atoms with Gasteiger partial charge in [0.25, 0.3) is 0 Å². The van der Waals surface area contributed by atoms with Crippen molar-refractivity contribution in [3.05, 3.63) is 65.7 Å². The largest absolute Gasteiger partial charge is 0.274 e. The quantitative estimate of drug-likeness (QED) is 0.505. The summed E-state index contributed by atoms with van der Waals surface area (Å²) in [5, 5.41) is 21.7. The molecule has 0 atom stereocenters. The number of hydrogen-bond donors (Lipinski definition) is 1. The van der Waals surface area contributed by atoms with E-state index in [0.29, 0.717) is 5.82 Å². The fraction of sp³-hybridized carbons (Fsp3) is 0.100. The molecule has 3 heterocycles. The molecule has 0 amide bonds. The molecule has 5 aromatic rings. The van der Waals surface area contributed by atoms with Gasteiger partial charge < -0.3 is 0 Å². The Kier molecular flexibility index (Phi) is 3.61. The second kappa shape index (κ2) is 6.14. The highest BCUT2D eigenvalue weighted by atomic mass is 32.1. The highest BCUT2D eigenvalue weighted by molar-refractivity contribution is 7.19. The Morgan fingerprint density at radius 3 is 2.22 bits per heavy atom. The van der Waals surface area contributed by atoms with Crippen LogP contribution in [-0.4, -0.2) is 30.0 Å². The molecule has 6 nitrogen and oxygen atoms in total. The minimum absolute atomic E-state index is 0.658. The second-order valence-electron chi connectivity index (χ2n) is 6.52. The van der Waals surface area contributed by atoms with Gasteiger partial charge in [-0.1, -0.05) is 71.0 Å². The lowest BCUT2D eigenvalue weighted by Gasteiger charge is -1.96. The van der Waals surface area contributed by atoms with Crippen LogP contribution in [0.25, 0.3) is 38.3 Å². The summed E-state index contributed by atoms with van der Waals surface area (Å²) in [5.41, 5.74) is 6.24. The fourth-order valence-electron chi connectivity index (χ4n) is 2.91. The lowest BCUT2D eigenvalue weighted by atomic mass is 10.1. The maximum Gasteiger partial charge on any atom is 0.235 e. The molecule has 7 heteroatoms. The first-order chi connectivity index (χ1) is 13.2. The molecule has 0 unspecified atom stereocenters. The third kappa shape index (κ3) is 2.82. The van der Waals surface area contributed by atoms with Gasteiger partial charge in [0.2, 0.25) is 10.8 Å². The molecule has 0 spiro atoms. The monoisotopic (exact) mass is 372 g/mol. The van der Waals surface area contributed by atoms with Crippen LogP contribution in [0.3, 0.4) is 0 Å². The average molecular weight is 372 g/mol. The van der Waals surface area contributed by atoms with Crippen molar-refractivity contribution in [3.63, 3.8) is 0 Å². The van der Waals surface area contributed by atoms with Crippen LogP contribution in [0.5, 0.6) is 0 Å². The van der Waals surface area contributed by atoms with Gasteiger partial charge in [-0.3, -0.25) is 5.10 Å². The van der Waals surface area contributed by atoms with Gasteiger partial charge in [0.05, 0.1) is 5.69 Å². The van der Waals surface area contributed by atoms with Gasteiger partial charge in [-0.2, -0.15) is 14.7 Å². The molecule has 0 saturated heterocycles. The van der Waals surface area contributed by atoms with Crippen molar-refractivity contribution < 1.29 is 0 Å². The van der Waals surface area contributed by atoms with E-state index >= 15 is 0 Å². The number of fused-ring (bicyclic) bond motifs is 1. The molecule has 27 heavy (non-hydrogen) atoms. The third-order valence-corrected chi connectivity index (χ3v) is 5.40. The molecule has 0 fully saturated rings. The lowest BCUT2D eigenvalue weighted by Crippen LogP contribution is -1.91. The number of rotatable bonds is 3. The van der Waals surface area contributed by atoms with E-state index < -0.39 is 0 Å². The highest BCUT2D eigenvalue weighted by Crippen LogP contribution is 2.29. The van der Waals surface area contributed by atoms with Crippen molar-refractivity contribution in [2.24, 2.45) is 0 Å². The standard InChI is InChI=1S/C20H16N6S/c1-12-3-7-14(8-4-12)16-11-17(22-21-16)18-23-24-20-26(18)25-19(27-20)15-9-5-13(2)6-10-15/h3-11H,1-2H3,(H,21,22). The molecule has 5 rings (SSSR count). The highest BCUT2D eigenvalue weighted by Gasteiger charge is 2.16. The van der Waals surface area contributed by atoms with Crippen LogP contribution >= 0.6 is 11.3 Å². The molecule has 1 N–H and O–H groups in total. The Hall–Kier alpha value is -3.32. The van der Waals surface area contributed by atoms with Crippen LogP contribution < -0.4 is 0 Å². The van der Waals surface area contributed by atoms with Crippen LogP contribution in [-0.2, 0) is 0 Å². The van der Waals surface area contributed by atoms with Crippen LogP contribution in [0.2, 0.25) is 0 Å². The molecule has 0 aliphatic carbocycles. The van der Waals surface area contributed by atoms with Gasteiger partial charge in [0, 0.05) is 11.1 Å². The van der Waals surface area contributed by atoms with Crippen LogP contribution in [0.4, 0.5) is 0 Å². The zero-order valence-corrected chi connectivity index (χ0v) is 15.7. The molecule has 3 aromatic heterocycles. The number of aryl methyl sites for hydroxylation is 2. The van der Waals surface area contributed by atoms with Crippen molar-refractivity contribution >= 4 is 16.3 Å². The van der Waals surface area contributed by atoms with Gasteiger partial charge in [0.15, 0.2) is 0 Å². The molecular formula is C20H16N6S. The summed E-state index contributed by atoms with van der Waals surface area (Å²) in [5.74, 6) is 0.658. The number of nitrogens with zero attached hydrogens (tertiary/aromatic N) is 5. The van der Waals surface area contributed by atoms with Gasteiger partial charge in [-0.25, -0.2) is 0 Å². The molecule has 0 aliphatic rings. The fourth-order valence-corrected chi connectivity index (χ4v) is 3.75. The Balaban J connectivity index is 1.54. The average Bonchev–Trinajstić information content (AvgIpc) is 3.38. The van der Waals surface area contributed by atoms with Gasteiger partial charge >= 0.3 is 0 Å². The van der Waals surface area contributed by atoms with E-state index in [1.54, 1.807) is 4.52 Å². The van der Waals surface area contributed by atoms with E-state index in [4.69, 9.17) is 5.10 Å². The number of nitrogens with one attached hydrogen (secondary N) is 1. The predicted octanol–water partition coefficient (Wildman–Crippen LogP) is 4.53. The van der Waals surface area contributed by atoms with Gasteiger partial charge in [-0.05, 0) is 19.9 Å². The SMILES string of the molecule is Cc1ccc(-c2cc(-c3nnc4sc(-c5ccc(C)cc5)nn34)[nH]n2)cc1. The van der Waals surface area contributed by atoms with E-state index in [9.17, 15) is 0 Å². The maximum absolute atomic E-state index is 4.70. The first-order valence-corrected chi connectivity index (χ1v) is 9.41. The first kappa shape index (κ1) is 15.9. The van der Waals surface area contributed by atoms with Crippen LogP contribution in [0, 0.1) is 13.8 Å². The second-order valence-corrected chi connectivity index (χ2v) is 7.48. The summed E-state index contributed by atoms with van der Waals surface area (Å²) in [4.78, 5) is 0.757. The predicted molar refractivity (Wildman–Crippen MR) is 107 cm³/mol. The summed E-state index contributed by atoms with van der Waals surface area (Å²) in [6.07, 6.45) is 0. The van der Waals surface area contributed by atoms with E-state index in [0.717, 1.165) is 32.5 Å². The zero-order valence-electron chi connectivity index (χ0n) is 14.8. The van der Waals surface area contributed by atoms with Crippen LogP contribution in [0.15, 0.2) is 54.6 Å². The van der Waals surface area contributed by atoms with Crippen molar-refractivity contribution in [2.45, 2.75) is 13.8 Å². The van der Waals surface area contributed by atoms with Crippen LogP contribution in [0.1, 0.15) is 11.1 Å². The Labute approximate surface area is 159 Å². The van der Waals surface area contributed by atoms with Crippen molar-refractivity contribution in [3.8, 4) is 33.3 Å². The third-order valence-electron chi connectivity index (χ3n) is 4.46. The molecule has 2 aromatic carbocycles. The van der Waals surface area contributed by atoms with Crippen molar-refractivity contribution in [2.75, 3.05) is 0 Å². The number of H-pyrrole nitrogens is 1. The first-order valence-electron chi connectivity index (χ1n) is 8.59. The molecule has 0 bridgehead atoms. The number of aromatic nitrogens is 6. The van der Waals surface area contributed by atoms with E-state index in [1.807, 2.05) is 6.07 Å². The Morgan fingerprint density at radius 2 is 1.52 bits per heavy atom. The minimum Gasteiger partial charge on any atom is -0.274 e. The maximum atomic E-state index is 4.70. The van der Waals surface area contributed by atoms with Crippen molar-refractivity contribution in [1.82, 2.24) is 30.0 Å². The summed E-state index contributed by atoms with van der Waals surface area (Å²) < 4.78 is 1.77. The van der Waals surface area contributed by atoms with E-state index in [-0.39, 0.29) is 0 Å².